The molecule has 152 valence electrons. The van der Waals surface area contributed by atoms with E-state index in [1.807, 2.05) is 4.90 Å². The normalized spacial score (nSPS) is 21.5. The maximum absolute atomic E-state index is 14.8. The van der Waals surface area contributed by atoms with Crippen molar-refractivity contribution in [1.29, 1.82) is 0 Å². The van der Waals surface area contributed by atoms with E-state index in [1.54, 1.807) is 12.1 Å². The van der Waals surface area contributed by atoms with E-state index in [2.05, 4.69) is 15.4 Å². The highest BCUT2D eigenvalue weighted by molar-refractivity contribution is 5.90. The van der Waals surface area contributed by atoms with E-state index >= 15 is 0 Å². The molecule has 3 amide bonds. The predicted molar refractivity (Wildman–Crippen MR) is 98.9 cm³/mol. The molecule has 0 aliphatic carbocycles. The van der Waals surface area contributed by atoms with Gasteiger partial charge in [-0.2, -0.15) is 0 Å². The van der Waals surface area contributed by atoms with Gasteiger partial charge in [-0.1, -0.05) is 0 Å². The lowest BCUT2D eigenvalue weighted by molar-refractivity contribution is -0.119. The number of cyclic esters (lactones) is 1. The number of nitrogens with zero attached hydrogens (tertiary/aromatic N) is 2. The number of amides is 3. The number of methoxy groups -OCH3 is 1. The summed E-state index contributed by atoms with van der Waals surface area (Å²) in [5, 5.41) is 5.35. The molecule has 1 aromatic rings. The standard InChI is InChI=1S/C18H23FN4O5/c1-11(24)20-8-14-10-28-18(26)23(14)13-3-4-16(15(19)7-13)22-6-5-12(9-22)21-17(25)27-2/h3-4,7,12,14H,5-6,8-10H2,1-2H3,(H,20,24)(H,21,25)/t12?,14-/m0/s1. The van der Waals surface area contributed by atoms with Crippen molar-refractivity contribution < 1.29 is 28.2 Å². The van der Waals surface area contributed by atoms with Crippen molar-refractivity contribution in [1.82, 2.24) is 10.6 Å². The van der Waals surface area contributed by atoms with Crippen molar-refractivity contribution in [2.75, 3.05) is 43.2 Å². The molecule has 0 saturated carbocycles. The van der Waals surface area contributed by atoms with Gasteiger partial charge in [0.15, 0.2) is 0 Å². The number of anilines is 2. The van der Waals surface area contributed by atoms with Gasteiger partial charge < -0.3 is 25.0 Å². The van der Waals surface area contributed by atoms with E-state index in [0.717, 1.165) is 0 Å². The fourth-order valence-corrected chi connectivity index (χ4v) is 3.41. The number of nitrogens with one attached hydrogen (secondary N) is 2. The van der Waals surface area contributed by atoms with Gasteiger partial charge in [-0.3, -0.25) is 9.69 Å². The van der Waals surface area contributed by atoms with Gasteiger partial charge in [-0.25, -0.2) is 14.0 Å². The van der Waals surface area contributed by atoms with Crippen LogP contribution in [-0.2, 0) is 14.3 Å². The number of rotatable bonds is 5. The largest absolute Gasteiger partial charge is 0.453 e. The topological polar surface area (TPSA) is 100 Å². The third-order valence-electron chi connectivity index (χ3n) is 4.79. The lowest BCUT2D eigenvalue weighted by Gasteiger charge is -2.24. The van der Waals surface area contributed by atoms with Crippen LogP contribution in [0.4, 0.5) is 25.4 Å². The van der Waals surface area contributed by atoms with Crippen LogP contribution in [-0.4, -0.2) is 63.5 Å². The Labute approximate surface area is 161 Å². The molecule has 0 bridgehead atoms. The first-order valence-corrected chi connectivity index (χ1v) is 8.98. The van der Waals surface area contributed by atoms with Crippen molar-refractivity contribution in [2.45, 2.75) is 25.4 Å². The van der Waals surface area contributed by atoms with E-state index in [4.69, 9.17) is 4.74 Å². The van der Waals surface area contributed by atoms with Crippen LogP contribution in [0.25, 0.3) is 0 Å². The molecule has 2 N–H and O–H groups in total. The molecular formula is C18H23FN4O5. The van der Waals surface area contributed by atoms with Crippen LogP contribution in [0.3, 0.4) is 0 Å². The maximum atomic E-state index is 14.8. The third-order valence-corrected chi connectivity index (χ3v) is 4.79. The molecule has 1 unspecified atom stereocenters. The van der Waals surface area contributed by atoms with Crippen molar-refractivity contribution in [2.24, 2.45) is 0 Å². The number of carbonyl (C=O) groups is 3. The molecule has 2 aliphatic rings. The van der Waals surface area contributed by atoms with E-state index in [-0.39, 0.29) is 25.1 Å². The van der Waals surface area contributed by atoms with Crippen molar-refractivity contribution in [3.63, 3.8) is 0 Å². The van der Waals surface area contributed by atoms with Crippen molar-refractivity contribution >= 4 is 29.5 Å². The monoisotopic (exact) mass is 394 g/mol. The molecule has 10 heteroatoms. The molecule has 0 aromatic heterocycles. The SMILES string of the molecule is COC(=O)NC1CCN(c2ccc(N3C(=O)OC[C@@H]3CNC(C)=O)cc2F)C1. The van der Waals surface area contributed by atoms with Gasteiger partial charge in [0.2, 0.25) is 5.91 Å². The zero-order valence-corrected chi connectivity index (χ0v) is 15.7. The Balaban J connectivity index is 1.71. The highest BCUT2D eigenvalue weighted by Crippen LogP contribution is 2.30. The van der Waals surface area contributed by atoms with Gasteiger partial charge in [-0.05, 0) is 24.6 Å². The molecule has 2 heterocycles. The predicted octanol–water partition coefficient (Wildman–Crippen LogP) is 1.22. The summed E-state index contributed by atoms with van der Waals surface area (Å²) in [6, 6.07) is 4.01. The number of carbonyl (C=O) groups excluding carboxylic acids is 3. The molecule has 0 spiro atoms. The number of alkyl carbamates (subject to hydrolysis) is 1. The molecule has 2 aliphatic heterocycles. The summed E-state index contributed by atoms with van der Waals surface area (Å²) in [5.41, 5.74) is 0.756. The van der Waals surface area contributed by atoms with Crippen molar-refractivity contribution in [3.05, 3.63) is 24.0 Å². The second kappa shape index (κ2) is 8.32. The summed E-state index contributed by atoms with van der Waals surface area (Å²) in [7, 11) is 1.29. The fourth-order valence-electron chi connectivity index (χ4n) is 3.41. The first-order valence-electron chi connectivity index (χ1n) is 8.98. The lowest BCUT2D eigenvalue weighted by atomic mass is 10.2. The average molecular weight is 394 g/mol. The summed E-state index contributed by atoms with van der Waals surface area (Å²) in [4.78, 5) is 37.7. The lowest BCUT2D eigenvalue weighted by Crippen LogP contribution is -2.42. The summed E-state index contributed by atoms with van der Waals surface area (Å²) in [5.74, 6) is -0.695. The zero-order chi connectivity index (χ0) is 20.3. The Hall–Kier alpha value is -3.04. The number of ether oxygens (including phenoxy) is 2. The summed E-state index contributed by atoms with van der Waals surface area (Å²) in [6.45, 7) is 2.77. The minimum Gasteiger partial charge on any atom is -0.453 e. The summed E-state index contributed by atoms with van der Waals surface area (Å²) < 4.78 is 24.4. The summed E-state index contributed by atoms with van der Waals surface area (Å²) >= 11 is 0. The first kappa shape index (κ1) is 19.7. The number of halogens is 1. The third kappa shape index (κ3) is 4.26. The van der Waals surface area contributed by atoms with Gasteiger partial charge in [-0.15, -0.1) is 0 Å². The number of hydrogen-bond acceptors (Lipinski definition) is 6. The molecular weight excluding hydrogens is 371 g/mol. The second-order valence-electron chi connectivity index (χ2n) is 6.74. The minimum atomic E-state index is -0.578. The molecule has 9 nitrogen and oxygen atoms in total. The number of hydrogen-bond donors (Lipinski definition) is 2. The smallest absolute Gasteiger partial charge is 0.414 e. The van der Waals surface area contributed by atoms with Crippen LogP contribution >= 0.6 is 0 Å². The fraction of sp³-hybridized carbons (Fsp3) is 0.500. The first-order chi connectivity index (χ1) is 13.4. The van der Waals surface area contributed by atoms with Gasteiger partial charge in [0.25, 0.3) is 0 Å². The quantitative estimate of drug-likeness (QED) is 0.779. The zero-order valence-electron chi connectivity index (χ0n) is 15.7. The molecule has 1 aromatic carbocycles. The molecule has 2 fully saturated rings. The van der Waals surface area contributed by atoms with E-state index in [1.165, 1.54) is 25.0 Å². The van der Waals surface area contributed by atoms with Crippen molar-refractivity contribution in [3.8, 4) is 0 Å². The van der Waals surface area contributed by atoms with Crippen LogP contribution in [0.15, 0.2) is 18.2 Å². The highest BCUT2D eigenvalue weighted by Gasteiger charge is 2.35. The summed E-state index contributed by atoms with van der Waals surface area (Å²) in [6.07, 6.45) is -0.417. The van der Waals surface area contributed by atoms with Crippen LogP contribution in [0.5, 0.6) is 0 Å². The molecule has 2 saturated heterocycles. The van der Waals surface area contributed by atoms with Crippen LogP contribution in [0.1, 0.15) is 13.3 Å². The van der Waals surface area contributed by atoms with Crippen LogP contribution < -0.4 is 20.4 Å². The maximum Gasteiger partial charge on any atom is 0.414 e. The minimum absolute atomic E-state index is 0.121. The molecule has 2 atom stereocenters. The van der Waals surface area contributed by atoms with Gasteiger partial charge in [0.05, 0.1) is 30.6 Å². The second-order valence-corrected chi connectivity index (χ2v) is 6.74. The Bertz CT molecular complexity index is 774. The molecule has 28 heavy (non-hydrogen) atoms. The Morgan fingerprint density at radius 1 is 1.39 bits per heavy atom. The Morgan fingerprint density at radius 2 is 2.18 bits per heavy atom. The van der Waals surface area contributed by atoms with Crippen LogP contribution in [0.2, 0.25) is 0 Å². The van der Waals surface area contributed by atoms with E-state index in [9.17, 15) is 18.8 Å². The average Bonchev–Trinajstić information content (AvgIpc) is 3.26. The van der Waals surface area contributed by atoms with E-state index < -0.39 is 24.0 Å². The highest BCUT2D eigenvalue weighted by atomic mass is 19.1. The Morgan fingerprint density at radius 3 is 2.86 bits per heavy atom. The Kier molecular flexibility index (Phi) is 5.86. The van der Waals surface area contributed by atoms with Gasteiger partial charge in [0, 0.05) is 26.6 Å². The molecule has 0 radical (unpaired) electrons. The van der Waals surface area contributed by atoms with Crippen LogP contribution in [0, 0.1) is 5.82 Å². The van der Waals surface area contributed by atoms with Gasteiger partial charge in [0.1, 0.15) is 12.4 Å². The van der Waals surface area contributed by atoms with Gasteiger partial charge >= 0.3 is 12.2 Å². The number of benzene rings is 1. The molecule has 3 rings (SSSR count). The van der Waals surface area contributed by atoms with E-state index in [0.29, 0.717) is 30.9 Å².